The zero-order valence-electron chi connectivity index (χ0n) is 9.26. The lowest BCUT2D eigenvalue weighted by atomic mass is 10.2. The highest BCUT2D eigenvalue weighted by Crippen LogP contribution is 2.03. The summed E-state index contributed by atoms with van der Waals surface area (Å²) in [6.07, 6.45) is 13.8. The third-order valence-electron chi connectivity index (χ3n) is 1.62. The van der Waals surface area contributed by atoms with Crippen LogP contribution in [0.2, 0.25) is 0 Å². The summed E-state index contributed by atoms with van der Waals surface area (Å²) in [7, 11) is 0. The Morgan fingerprint density at radius 1 is 1.33 bits per heavy atom. The molecular formula is C13H18N2. The molecule has 0 unspecified atom stereocenters. The molecule has 0 saturated heterocycles. The highest BCUT2D eigenvalue weighted by atomic mass is 14.7. The lowest BCUT2D eigenvalue weighted by Crippen LogP contribution is -1.84. The second-order valence-electron chi connectivity index (χ2n) is 2.81. The van der Waals surface area contributed by atoms with Crippen molar-refractivity contribution in [3.05, 3.63) is 48.7 Å². The van der Waals surface area contributed by atoms with Gasteiger partial charge < -0.3 is 0 Å². The van der Waals surface area contributed by atoms with E-state index in [1.165, 1.54) is 0 Å². The van der Waals surface area contributed by atoms with Crippen LogP contribution in [0.3, 0.4) is 0 Å². The predicted molar refractivity (Wildman–Crippen MR) is 69.8 cm³/mol. The van der Waals surface area contributed by atoms with Gasteiger partial charge in [-0.15, -0.1) is 0 Å². The first-order chi connectivity index (χ1) is 7.35. The van der Waals surface area contributed by atoms with Gasteiger partial charge in [-0.3, -0.25) is 9.98 Å². The minimum absolute atomic E-state index is 0.757. The van der Waals surface area contributed by atoms with Gasteiger partial charge in [-0.25, -0.2) is 0 Å². The van der Waals surface area contributed by atoms with Gasteiger partial charge in [0.2, 0.25) is 0 Å². The summed E-state index contributed by atoms with van der Waals surface area (Å²) >= 11 is 0. The first-order valence-electron chi connectivity index (χ1n) is 4.90. The quantitative estimate of drug-likeness (QED) is 0.447. The molecule has 0 aromatic heterocycles. The molecule has 0 bridgehead atoms. The summed E-state index contributed by atoms with van der Waals surface area (Å²) in [5.74, 6) is 0. The molecule has 0 aliphatic rings. The number of nitrogens with zero attached hydrogens (tertiary/aromatic N) is 2. The normalized spacial score (nSPS) is 13.0. The Balaban J connectivity index is 4.08. The zero-order chi connectivity index (χ0) is 11.4. The topological polar surface area (TPSA) is 24.7 Å². The largest absolute Gasteiger partial charge is 0.293 e. The first kappa shape index (κ1) is 13.3. The molecule has 0 aliphatic heterocycles. The number of aliphatic imine (C=N–C) groups is 2. The highest BCUT2D eigenvalue weighted by Gasteiger charge is 1.89. The Bertz CT molecular complexity index is 294. The molecule has 15 heavy (non-hydrogen) atoms. The van der Waals surface area contributed by atoms with Crippen molar-refractivity contribution in [1.82, 2.24) is 0 Å². The summed E-state index contributed by atoms with van der Waals surface area (Å²) in [5.41, 5.74) is 1.10. The number of hydrogen-bond donors (Lipinski definition) is 0. The highest BCUT2D eigenvalue weighted by molar-refractivity contribution is 5.70. The lowest BCUT2D eigenvalue weighted by molar-refractivity contribution is 0.975. The van der Waals surface area contributed by atoms with Crippen molar-refractivity contribution in [3.63, 3.8) is 0 Å². The maximum Gasteiger partial charge on any atom is 0.0430 e. The van der Waals surface area contributed by atoms with Gasteiger partial charge in [0.15, 0.2) is 0 Å². The van der Waals surface area contributed by atoms with Crippen LogP contribution in [-0.2, 0) is 0 Å². The predicted octanol–water partition coefficient (Wildman–Crippen LogP) is 3.35. The smallest absolute Gasteiger partial charge is 0.0430 e. The van der Waals surface area contributed by atoms with Crippen LogP contribution in [-0.4, -0.2) is 19.5 Å². The Morgan fingerprint density at radius 2 is 2.13 bits per heavy atom. The van der Waals surface area contributed by atoms with Crippen molar-refractivity contribution in [2.24, 2.45) is 9.98 Å². The molecule has 0 aromatic rings. The molecule has 2 heteroatoms. The van der Waals surface area contributed by atoms with Gasteiger partial charge in [0.1, 0.15) is 0 Å². The van der Waals surface area contributed by atoms with Crippen LogP contribution in [0.4, 0.5) is 0 Å². The van der Waals surface area contributed by atoms with Gasteiger partial charge in [0.05, 0.1) is 0 Å². The number of hydrogen-bond acceptors (Lipinski definition) is 2. The van der Waals surface area contributed by atoms with E-state index >= 15 is 0 Å². The number of allylic oxidation sites excluding steroid dienone is 5. The van der Waals surface area contributed by atoms with E-state index in [0.29, 0.717) is 0 Å². The van der Waals surface area contributed by atoms with Crippen molar-refractivity contribution < 1.29 is 0 Å². The molecule has 0 spiro atoms. The van der Waals surface area contributed by atoms with Crippen LogP contribution in [0.1, 0.15) is 13.3 Å². The molecule has 0 saturated carbocycles. The molecule has 0 aromatic carbocycles. The third-order valence-corrected chi connectivity index (χ3v) is 1.62. The Morgan fingerprint density at radius 3 is 2.73 bits per heavy atom. The van der Waals surface area contributed by atoms with Crippen molar-refractivity contribution >= 4 is 12.9 Å². The van der Waals surface area contributed by atoms with E-state index < -0.39 is 0 Å². The van der Waals surface area contributed by atoms with E-state index in [1.807, 2.05) is 31.2 Å². The van der Waals surface area contributed by atoms with Crippen LogP contribution < -0.4 is 0 Å². The van der Waals surface area contributed by atoms with Gasteiger partial charge in [0.25, 0.3) is 0 Å². The zero-order valence-corrected chi connectivity index (χ0v) is 9.26. The lowest BCUT2D eigenvalue weighted by Gasteiger charge is -1.96. The molecule has 0 atom stereocenters. The molecule has 80 valence electrons. The van der Waals surface area contributed by atoms with E-state index in [1.54, 1.807) is 18.5 Å². The summed E-state index contributed by atoms with van der Waals surface area (Å²) < 4.78 is 0. The minimum Gasteiger partial charge on any atom is -0.293 e. The summed E-state index contributed by atoms with van der Waals surface area (Å²) in [4.78, 5) is 7.96. The second kappa shape index (κ2) is 10.4. The van der Waals surface area contributed by atoms with Crippen LogP contribution in [0, 0.1) is 0 Å². The Hall–Kier alpha value is -1.70. The van der Waals surface area contributed by atoms with Gasteiger partial charge in [-0.05, 0) is 31.7 Å². The molecule has 0 fully saturated rings. The average molecular weight is 202 g/mol. The molecule has 0 aliphatic carbocycles. The van der Waals surface area contributed by atoms with Crippen LogP contribution >= 0.6 is 0 Å². The summed E-state index contributed by atoms with van der Waals surface area (Å²) in [6, 6.07) is 0. The molecule has 0 rings (SSSR count). The van der Waals surface area contributed by atoms with Crippen molar-refractivity contribution in [2.75, 3.05) is 6.54 Å². The molecule has 2 nitrogen and oxygen atoms in total. The van der Waals surface area contributed by atoms with Crippen LogP contribution in [0.5, 0.6) is 0 Å². The van der Waals surface area contributed by atoms with Crippen molar-refractivity contribution in [2.45, 2.75) is 13.3 Å². The van der Waals surface area contributed by atoms with Crippen LogP contribution in [0.15, 0.2) is 58.7 Å². The summed E-state index contributed by atoms with van der Waals surface area (Å²) in [6.45, 7) is 9.77. The molecule has 0 heterocycles. The van der Waals surface area contributed by atoms with Crippen molar-refractivity contribution in [3.8, 4) is 0 Å². The molecule has 0 amide bonds. The minimum atomic E-state index is 0.757. The SMILES string of the molecule is C=C/C=C/C(=C\N=C)CCN=C/C=C\C. The maximum atomic E-state index is 4.22. The van der Waals surface area contributed by atoms with Crippen molar-refractivity contribution in [1.29, 1.82) is 0 Å². The number of rotatable bonds is 7. The molecular weight excluding hydrogens is 184 g/mol. The fraction of sp³-hybridized carbons (Fsp3) is 0.231. The van der Waals surface area contributed by atoms with Gasteiger partial charge in [-0.1, -0.05) is 30.9 Å². The Kier molecular flexibility index (Phi) is 9.20. The maximum absolute atomic E-state index is 4.22. The first-order valence-corrected chi connectivity index (χ1v) is 4.90. The standard InChI is InChI=1S/C13H18N2/c1-4-6-8-13(12-14-3)9-11-15-10-7-5-2/h4-8,10,12H,1,3,9,11H2,2H3/b7-5-,8-6+,13-12+,15-10?. The van der Waals surface area contributed by atoms with E-state index in [4.69, 9.17) is 0 Å². The molecule has 0 N–H and O–H groups in total. The van der Waals surface area contributed by atoms with Gasteiger partial charge >= 0.3 is 0 Å². The fourth-order valence-corrected chi connectivity index (χ4v) is 0.915. The van der Waals surface area contributed by atoms with Gasteiger partial charge in [0, 0.05) is 19.0 Å². The second-order valence-corrected chi connectivity index (χ2v) is 2.81. The monoisotopic (exact) mass is 202 g/mol. The molecule has 0 radical (unpaired) electrons. The van der Waals surface area contributed by atoms with Crippen LogP contribution in [0.25, 0.3) is 0 Å². The Labute approximate surface area is 92.2 Å². The van der Waals surface area contributed by atoms with E-state index in [0.717, 1.165) is 18.5 Å². The van der Waals surface area contributed by atoms with E-state index in [9.17, 15) is 0 Å². The fourth-order valence-electron chi connectivity index (χ4n) is 0.915. The average Bonchev–Trinajstić information content (AvgIpc) is 2.25. The summed E-state index contributed by atoms with van der Waals surface area (Å²) in [5, 5.41) is 0. The van der Waals surface area contributed by atoms with Gasteiger partial charge in [-0.2, -0.15) is 0 Å². The third kappa shape index (κ3) is 8.63. The van der Waals surface area contributed by atoms with E-state index in [-0.39, 0.29) is 0 Å². The van der Waals surface area contributed by atoms with E-state index in [2.05, 4.69) is 23.3 Å².